The minimum Gasteiger partial charge on any atom is -0.354 e. The molecule has 0 radical (unpaired) electrons. The van der Waals surface area contributed by atoms with Gasteiger partial charge in [-0.2, -0.15) is 5.26 Å². The molecule has 2 amide bonds. The van der Waals surface area contributed by atoms with Crippen LogP contribution in [0, 0.1) is 23.2 Å². The lowest BCUT2D eigenvalue weighted by Crippen LogP contribution is -2.47. The highest BCUT2D eigenvalue weighted by Crippen LogP contribution is 2.41. The fourth-order valence-electron chi connectivity index (χ4n) is 2.84. The molecule has 4 atom stereocenters. The van der Waals surface area contributed by atoms with E-state index in [4.69, 9.17) is 11.0 Å². The lowest BCUT2D eigenvalue weighted by Gasteiger charge is -2.23. The summed E-state index contributed by atoms with van der Waals surface area (Å²) in [5.74, 6) is -0.439. The second-order valence-corrected chi connectivity index (χ2v) is 6.01. The number of nitriles is 1. The third kappa shape index (κ3) is 2.93. The molecule has 1 aliphatic carbocycles. The first-order chi connectivity index (χ1) is 9.45. The molecule has 20 heavy (non-hydrogen) atoms. The standard InChI is InChI=1S/C14H22N4O2/c1-8(2)17-13(19)11-6-10(11)12(16)14(20)18-5-3-4-9(18)7-15/h8-12H,3-6,16H2,1-2H3,(H,17,19)/t9-,10+,11?,12+/m0/s1. The molecule has 0 aromatic heterocycles. The van der Waals surface area contributed by atoms with Crippen molar-refractivity contribution < 1.29 is 9.59 Å². The van der Waals surface area contributed by atoms with E-state index in [1.807, 2.05) is 13.8 Å². The average molecular weight is 278 g/mol. The van der Waals surface area contributed by atoms with E-state index in [1.54, 1.807) is 4.90 Å². The van der Waals surface area contributed by atoms with Crippen LogP contribution in [0.4, 0.5) is 0 Å². The number of rotatable bonds is 4. The first-order valence-electron chi connectivity index (χ1n) is 7.21. The molecule has 6 nitrogen and oxygen atoms in total. The minimum atomic E-state index is -0.660. The van der Waals surface area contributed by atoms with Gasteiger partial charge < -0.3 is 16.0 Å². The summed E-state index contributed by atoms with van der Waals surface area (Å²) in [6.07, 6.45) is 2.23. The van der Waals surface area contributed by atoms with Crippen molar-refractivity contribution in [2.45, 2.75) is 51.2 Å². The summed E-state index contributed by atoms with van der Waals surface area (Å²) in [5.41, 5.74) is 6.00. The molecule has 1 unspecified atom stereocenters. The summed E-state index contributed by atoms with van der Waals surface area (Å²) < 4.78 is 0. The van der Waals surface area contributed by atoms with Gasteiger partial charge in [-0.15, -0.1) is 0 Å². The third-order valence-corrected chi connectivity index (χ3v) is 4.04. The number of amides is 2. The Morgan fingerprint density at radius 1 is 1.45 bits per heavy atom. The van der Waals surface area contributed by atoms with Crippen molar-refractivity contribution in [2.75, 3.05) is 6.54 Å². The van der Waals surface area contributed by atoms with Crippen LogP contribution >= 0.6 is 0 Å². The minimum absolute atomic E-state index is 0.0218. The van der Waals surface area contributed by atoms with Crippen LogP contribution in [-0.4, -0.2) is 41.4 Å². The number of carbonyl (C=O) groups excluding carboxylic acids is 2. The number of carbonyl (C=O) groups is 2. The number of nitrogens with two attached hydrogens (primary N) is 1. The molecule has 2 fully saturated rings. The predicted molar refractivity (Wildman–Crippen MR) is 73.2 cm³/mol. The van der Waals surface area contributed by atoms with Gasteiger partial charge in [0.25, 0.3) is 0 Å². The van der Waals surface area contributed by atoms with E-state index in [2.05, 4.69) is 11.4 Å². The maximum atomic E-state index is 12.3. The van der Waals surface area contributed by atoms with Crippen molar-refractivity contribution in [1.82, 2.24) is 10.2 Å². The quantitative estimate of drug-likeness (QED) is 0.755. The van der Waals surface area contributed by atoms with Crippen molar-refractivity contribution in [2.24, 2.45) is 17.6 Å². The van der Waals surface area contributed by atoms with E-state index in [9.17, 15) is 9.59 Å². The molecule has 1 saturated heterocycles. The summed E-state index contributed by atoms with van der Waals surface area (Å²) in [5, 5.41) is 11.9. The molecule has 0 aromatic rings. The van der Waals surface area contributed by atoms with Crippen LogP contribution in [0.5, 0.6) is 0 Å². The van der Waals surface area contributed by atoms with Crippen molar-refractivity contribution in [1.29, 1.82) is 5.26 Å². The van der Waals surface area contributed by atoms with E-state index in [1.165, 1.54) is 0 Å². The molecule has 2 rings (SSSR count). The summed E-state index contributed by atoms with van der Waals surface area (Å²) in [4.78, 5) is 25.7. The Labute approximate surface area is 119 Å². The first-order valence-corrected chi connectivity index (χ1v) is 7.21. The Balaban J connectivity index is 1.90. The molecule has 6 heteroatoms. The van der Waals surface area contributed by atoms with Gasteiger partial charge in [0.15, 0.2) is 0 Å². The molecule has 1 heterocycles. The van der Waals surface area contributed by atoms with Crippen LogP contribution in [0.3, 0.4) is 0 Å². The Morgan fingerprint density at radius 2 is 2.15 bits per heavy atom. The zero-order valence-corrected chi connectivity index (χ0v) is 12.0. The molecular formula is C14H22N4O2. The smallest absolute Gasteiger partial charge is 0.240 e. The summed E-state index contributed by atoms with van der Waals surface area (Å²) in [7, 11) is 0. The first kappa shape index (κ1) is 14.8. The molecule has 0 bridgehead atoms. The van der Waals surface area contributed by atoms with Crippen LogP contribution < -0.4 is 11.1 Å². The van der Waals surface area contributed by atoms with Crippen molar-refractivity contribution >= 4 is 11.8 Å². The molecule has 0 aromatic carbocycles. The maximum absolute atomic E-state index is 12.3. The molecular weight excluding hydrogens is 256 g/mol. The highest BCUT2D eigenvalue weighted by atomic mass is 16.2. The third-order valence-electron chi connectivity index (χ3n) is 4.04. The maximum Gasteiger partial charge on any atom is 0.240 e. The second kappa shape index (κ2) is 5.80. The number of likely N-dealkylation sites (tertiary alicyclic amines) is 1. The van der Waals surface area contributed by atoms with Gasteiger partial charge in [-0.3, -0.25) is 9.59 Å². The average Bonchev–Trinajstić information content (AvgIpc) is 3.06. The highest BCUT2D eigenvalue weighted by molar-refractivity contribution is 5.87. The molecule has 3 N–H and O–H groups in total. The topological polar surface area (TPSA) is 99.2 Å². The van der Waals surface area contributed by atoms with Gasteiger partial charge in [0.05, 0.1) is 12.1 Å². The van der Waals surface area contributed by atoms with Gasteiger partial charge in [-0.1, -0.05) is 0 Å². The monoisotopic (exact) mass is 278 g/mol. The van der Waals surface area contributed by atoms with Crippen LogP contribution in [0.2, 0.25) is 0 Å². The van der Waals surface area contributed by atoms with E-state index >= 15 is 0 Å². The number of hydrogen-bond donors (Lipinski definition) is 2. The van der Waals surface area contributed by atoms with Crippen LogP contribution in [-0.2, 0) is 9.59 Å². The van der Waals surface area contributed by atoms with Gasteiger partial charge in [0.1, 0.15) is 6.04 Å². The molecule has 0 spiro atoms. The summed E-state index contributed by atoms with van der Waals surface area (Å²) >= 11 is 0. The van der Waals surface area contributed by atoms with Crippen molar-refractivity contribution in [3.05, 3.63) is 0 Å². The van der Waals surface area contributed by atoms with Gasteiger partial charge in [-0.05, 0) is 39.0 Å². The van der Waals surface area contributed by atoms with Crippen molar-refractivity contribution in [3.63, 3.8) is 0 Å². The Bertz CT molecular complexity index is 443. The number of nitrogens with zero attached hydrogens (tertiary/aromatic N) is 2. The van der Waals surface area contributed by atoms with Crippen LogP contribution in [0.1, 0.15) is 33.1 Å². The summed E-state index contributed by atoms with van der Waals surface area (Å²) in [6, 6.07) is 1.22. The fraction of sp³-hybridized carbons (Fsp3) is 0.786. The zero-order valence-electron chi connectivity index (χ0n) is 12.0. The van der Waals surface area contributed by atoms with Crippen LogP contribution in [0.25, 0.3) is 0 Å². The molecule has 1 saturated carbocycles. The van der Waals surface area contributed by atoms with Gasteiger partial charge in [-0.25, -0.2) is 0 Å². The normalized spacial score (nSPS) is 29.9. The molecule has 1 aliphatic heterocycles. The van der Waals surface area contributed by atoms with Gasteiger partial charge in [0.2, 0.25) is 11.8 Å². The van der Waals surface area contributed by atoms with Crippen molar-refractivity contribution in [3.8, 4) is 6.07 Å². The van der Waals surface area contributed by atoms with Crippen LogP contribution in [0.15, 0.2) is 0 Å². The number of hydrogen-bond acceptors (Lipinski definition) is 4. The van der Waals surface area contributed by atoms with Gasteiger partial charge >= 0.3 is 0 Å². The van der Waals surface area contributed by atoms with E-state index < -0.39 is 6.04 Å². The van der Waals surface area contributed by atoms with Gasteiger partial charge in [0, 0.05) is 18.5 Å². The Morgan fingerprint density at radius 3 is 2.75 bits per heavy atom. The number of nitrogens with one attached hydrogen (secondary N) is 1. The Kier molecular flexibility index (Phi) is 4.29. The Hall–Kier alpha value is -1.61. The molecule has 110 valence electrons. The van der Waals surface area contributed by atoms with E-state index in [-0.39, 0.29) is 35.7 Å². The highest BCUT2D eigenvalue weighted by Gasteiger charge is 2.50. The molecule has 2 aliphatic rings. The van der Waals surface area contributed by atoms with E-state index in [0.29, 0.717) is 13.0 Å². The lowest BCUT2D eigenvalue weighted by atomic mass is 10.1. The predicted octanol–water partition coefficient (Wildman–Crippen LogP) is -0.0110. The zero-order chi connectivity index (χ0) is 14.9. The summed E-state index contributed by atoms with van der Waals surface area (Å²) in [6.45, 7) is 4.41. The van der Waals surface area contributed by atoms with E-state index in [0.717, 1.165) is 12.8 Å². The lowest BCUT2D eigenvalue weighted by molar-refractivity contribution is -0.133. The second-order valence-electron chi connectivity index (χ2n) is 6.01. The fourth-order valence-corrected chi connectivity index (χ4v) is 2.84. The largest absolute Gasteiger partial charge is 0.354 e. The SMILES string of the molecule is CC(C)NC(=O)C1C[C@H]1[C@@H](N)C(=O)N1CCC[C@H]1C#N.